The molecule has 194 valence electrons. The number of carbonyl (C=O) groups is 1. The Bertz CT molecular complexity index is 1260. The van der Waals surface area contributed by atoms with Gasteiger partial charge < -0.3 is 25.2 Å². The van der Waals surface area contributed by atoms with Gasteiger partial charge in [-0.2, -0.15) is 20.1 Å². The number of halogens is 2. The van der Waals surface area contributed by atoms with Gasteiger partial charge in [-0.3, -0.25) is 14.9 Å². The maximum absolute atomic E-state index is 14.6. The summed E-state index contributed by atoms with van der Waals surface area (Å²) in [5.74, 6) is -2.21. The zero-order valence-electron chi connectivity index (χ0n) is 19.8. The highest BCUT2D eigenvalue weighted by atomic mass is 19.3. The number of nitrogens with one attached hydrogen (secondary N) is 3. The fourth-order valence-corrected chi connectivity index (χ4v) is 4.40. The van der Waals surface area contributed by atoms with Gasteiger partial charge in [0.2, 0.25) is 23.8 Å². The van der Waals surface area contributed by atoms with E-state index in [0.717, 1.165) is 18.5 Å². The quantitative estimate of drug-likeness (QED) is 0.424. The molecular weight excluding hydrogens is 488 g/mol. The van der Waals surface area contributed by atoms with Crippen LogP contribution in [0.1, 0.15) is 30.9 Å². The second kappa shape index (κ2) is 9.46. The summed E-state index contributed by atoms with van der Waals surface area (Å²) in [6, 6.07) is 0.660. The number of ether oxygens (including phenoxy) is 1. The SMILES string of the molecule is O=C(Nc1cnccn1)C1CC(F)(F)CN1c1nc(Nc2cc(C3CC3)[nH]n2)nc(N2CCOCC2)n1. The van der Waals surface area contributed by atoms with Gasteiger partial charge in [0.15, 0.2) is 11.6 Å². The summed E-state index contributed by atoms with van der Waals surface area (Å²) in [6.45, 7) is 1.32. The van der Waals surface area contributed by atoms with Gasteiger partial charge in [-0.05, 0) is 12.8 Å². The summed E-state index contributed by atoms with van der Waals surface area (Å²) < 4.78 is 34.7. The van der Waals surface area contributed by atoms with Crippen LogP contribution in [0.15, 0.2) is 24.7 Å². The number of hydrogen-bond acceptors (Lipinski definition) is 11. The molecule has 2 saturated heterocycles. The van der Waals surface area contributed by atoms with E-state index in [2.05, 4.69) is 45.8 Å². The molecule has 1 aliphatic carbocycles. The second-order valence-corrected chi connectivity index (χ2v) is 9.25. The van der Waals surface area contributed by atoms with Crippen molar-refractivity contribution in [2.45, 2.75) is 37.1 Å². The van der Waals surface area contributed by atoms with Gasteiger partial charge in [-0.15, -0.1) is 0 Å². The molecule has 0 spiro atoms. The Labute approximate surface area is 210 Å². The molecule has 0 bridgehead atoms. The molecule has 3 aromatic rings. The molecule has 15 heteroatoms. The van der Waals surface area contributed by atoms with Crippen LogP contribution >= 0.6 is 0 Å². The summed E-state index contributed by atoms with van der Waals surface area (Å²) in [5, 5.41) is 12.9. The van der Waals surface area contributed by atoms with Crippen LogP contribution in [0.2, 0.25) is 0 Å². The number of carbonyl (C=O) groups excluding carboxylic acids is 1. The fourth-order valence-electron chi connectivity index (χ4n) is 4.40. The molecule has 1 amide bonds. The van der Waals surface area contributed by atoms with Crippen LogP contribution in [0.25, 0.3) is 0 Å². The molecular formula is C22H25F2N11O2. The van der Waals surface area contributed by atoms with E-state index in [-0.39, 0.29) is 17.7 Å². The molecule has 2 aliphatic heterocycles. The summed E-state index contributed by atoms with van der Waals surface area (Å²) in [4.78, 5) is 37.5. The smallest absolute Gasteiger partial charge is 0.267 e. The first kappa shape index (κ1) is 23.4. The number of anilines is 5. The molecule has 5 heterocycles. The Kier molecular flexibility index (Phi) is 5.98. The number of nitrogens with zero attached hydrogens (tertiary/aromatic N) is 8. The summed E-state index contributed by atoms with van der Waals surface area (Å²) in [5.41, 5.74) is 1.02. The van der Waals surface area contributed by atoms with Gasteiger partial charge in [-0.25, -0.2) is 13.8 Å². The normalized spacial score (nSPS) is 21.2. The third-order valence-corrected chi connectivity index (χ3v) is 6.40. The number of aromatic amines is 1. The van der Waals surface area contributed by atoms with Crippen molar-refractivity contribution in [3.63, 3.8) is 0 Å². The van der Waals surface area contributed by atoms with Gasteiger partial charge in [-0.1, -0.05) is 0 Å². The minimum atomic E-state index is -3.12. The van der Waals surface area contributed by atoms with E-state index in [9.17, 15) is 13.6 Å². The van der Waals surface area contributed by atoms with Crippen molar-refractivity contribution >= 4 is 35.4 Å². The van der Waals surface area contributed by atoms with Gasteiger partial charge >= 0.3 is 0 Å². The van der Waals surface area contributed by atoms with Crippen molar-refractivity contribution in [3.05, 3.63) is 30.4 Å². The van der Waals surface area contributed by atoms with E-state index in [1.54, 1.807) is 0 Å². The standard InChI is InChI=1S/C22H25F2N11O2/c23-22(24)10-15(18(36)27-17-11-25-3-4-26-17)35(12-22)21-30-19(28-16-9-14(32-33-16)13-1-2-13)29-20(31-21)34-5-7-37-8-6-34/h3-4,9,11,13,15H,1-2,5-8,10,12H2,(H,26,27,36)(H2,28,29,30,31,32,33). The first-order chi connectivity index (χ1) is 17.9. The number of rotatable bonds is 7. The van der Waals surface area contributed by atoms with Gasteiger partial charge in [0, 0.05) is 49.6 Å². The predicted molar refractivity (Wildman–Crippen MR) is 128 cm³/mol. The number of aromatic nitrogens is 7. The maximum Gasteiger partial charge on any atom is 0.267 e. The molecule has 3 aromatic heterocycles. The average Bonchev–Trinajstić information content (AvgIpc) is 3.56. The highest BCUT2D eigenvalue weighted by molar-refractivity contribution is 5.96. The van der Waals surface area contributed by atoms with E-state index in [1.807, 2.05) is 11.0 Å². The first-order valence-corrected chi connectivity index (χ1v) is 12.1. The van der Waals surface area contributed by atoms with Crippen LogP contribution in [0.4, 0.5) is 38.3 Å². The van der Waals surface area contributed by atoms with Crippen molar-refractivity contribution in [2.75, 3.05) is 53.3 Å². The van der Waals surface area contributed by atoms with E-state index < -0.39 is 30.8 Å². The van der Waals surface area contributed by atoms with Crippen LogP contribution in [0.3, 0.4) is 0 Å². The topological polar surface area (TPSA) is 150 Å². The van der Waals surface area contributed by atoms with Crippen LogP contribution in [0.5, 0.6) is 0 Å². The molecule has 3 fully saturated rings. The Morgan fingerprint density at radius 3 is 2.68 bits per heavy atom. The molecule has 0 aromatic carbocycles. The number of amides is 1. The molecule has 6 rings (SSSR count). The second-order valence-electron chi connectivity index (χ2n) is 9.25. The van der Waals surface area contributed by atoms with E-state index in [0.29, 0.717) is 44.0 Å². The third-order valence-electron chi connectivity index (χ3n) is 6.40. The van der Waals surface area contributed by atoms with E-state index in [4.69, 9.17) is 4.74 Å². The van der Waals surface area contributed by atoms with Gasteiger partial charge in [0.25, 0.3) is 5.92 Å². The number of alkyl halides is 2. The molecule has 13 nitrogen and oxygen atoms in total. The van der Waals surface area contributed by atoms with Crippen LogP contribution in [0, 0.1) is 0 Å². The largest absolute Gasteiger partial charge is 0.378 e. The lowest BCUT2D eigenvalue weighted by Gasteiger charge is -2.29. The van der Waals surface area contributed by atoms with Crippen molar-refractivity contribution in [1.82, 2.24) is 35.1 Å². The van der Waals surface area contributed by atoms with E-state index >= 15 is 0 Å². The van der Waals surface area contributed by atoms with Crippen LogP contribution < -0.4 is 20.4 Å². The lowest BCUT2D eigenvalue weighted by atomic mass is 10.2. The van der Waals surface area contributed by atoms with E-state index in [1.165, 1.54) is 23.5 Å². The minimum Gasteiger partial charge on any atom is -0.378 e. The maximum atomic E-state index is 14.6. The average molecular weight is 514 g/mol. The number of H-pyrrole nitrogens is 1. The Hall–Kier alpha value is -4.01. The monoisotopic (exact) mass is 513 g/mol. The molecule has 3 N–H and O–H groups in total. The van der Waals surface area contributed by atoms with Crippen LogP contribution in [-0.2, 0) is 9.53 Å². The molecule has 3 aliphatic rings. The molecule has 1 saturated carbocycles. The summed E-state index contributed by atoms with van der Waals surface area (Å²) in [6.07, 6.45) is 5.73. The molecule has 1 unspecified atom stereocenters. The highest BCUT2D eigenvalue weighted by Crippen LogP contribution is 2.40. The molecule has 0 radical (unpaired) electrons. The Morgan fingerprint density at radius 2 is 1.92 bits per heavy atom. The first-order valence-electron chi connectivity index (χ1n) is 12.1. The summed E-state index contributed by atoms with van der Waals surface area (Å²) in [7, 11) is 0. The lowest BCUT2D eigenvalue weighted by Crippen LogP contribution is -2.42. The summed E-state index contributed by atoms with van der Waals surface area (Å²) >= 11 is 0. The van der Waals surface area contributed by atoms with Crippen molar-refractivity contribution in [2.24, 2.45) is 0 Å². The minimum absolute atomic E-state index is 0.0339. The fraction of sp³-hybridized carbons (Fsp3) is 0.500. The van der Waals surface area contributed by atoms with Gasteiger partial charge in [0.05, 0.1) is 26.0 Å². The third kappa shape index (κ3) is 5.26. The number of morpholine rings is 1. The Balaban J connectivity index is 1.31. The molecule has 37 heavy (non-hydrogen) atoms. The van der Waals surface area contributed by atoms with Crippen LogP contribution in [-0.4, -0.2) is 85.8 Å². The van der Waals surface area contributed by atoms with Crippen molar-refractivity contribution in [3.8, 4) is 0 Å². The molecule has 1 atom stereocenters. The Morgan fingerprint density at radius 1 is 1.11 bits per heavy atom. The van der Waals surface area contributed by atoms with Gasteiger partial charge in [0.1, 0.15) is 6.04 Å². The van der Waals surface area contributed by atoms with Crippen molar-refractivity contribution < 1.29 is 18.3 Å². The zero-order valence-corrected chi connectivity index (χ0v) is 19.8. The van der Waals surface area contributed by atoms with Crippen molar-refractivity contribution in [1.29, 1.82) is 0 Å². The predicted octanol–water partition coefficient (Wildman–Crippen LogP) is 1.69. The number of hydrogen-bond donors (Lipinski definition) is 3. The lowest BCUT2D eigenvalue weighted by molar-refractivity contribution is -0.118. The zero-order chi connectivity index (χ0) is 25.4. The highest BCUT2D eigenvalue weighted by Gasteiger charge is 2.49.